The maximum absolute atomic E-state index is 14.4. The second kappa shape index (κ2) is 14.3. The van der Waals surface area contributed by atoms with E-state index in [2.05, 4.69) is 15.3 Å². The maximum atomic E-state index is 14.4. The number of piperazine rings is 1. The van der Waals surface area contributed by atoms with Gasteiger partial charge in [-0.05, 0) is 66.8 Å². The summed E-state index contributed by atoms with van der Waals surface area (Å²) in [6, 6.07) is 11.9. The minimum Gasteiger partial charge on any atom is -0.485 e. The highest BCUT2D eigenvalue weighted by atomic mass is 19.4. The van der Waals surface area contributed by atoms with Gasteiger partial charge in [0, 0.05) is 37.8 Å². The largest absolute Gasteiger partial charge is 0.485 e. The summed E-state index contributed by atoms with van der Waals surface area (Å²) in [5, 5.41) is 7.54. The molecular formula is C40H40F3N9O5. The zero-order valence-electron chi connectivity index (χ0n) is 31.4. The molecule has 3 fully saturated rings. The van der Waals surface area contributed by atoms with Gasteiger partial charge in [-0.2, -0.15) is 22.7 Å². The number of amides is 2. The Bertz CT molecular complexity index is 2450. The molecule has 296 valence electrons. The highest BCUT2D eigenvalue weighted by molar-refractivity contribution is 5.95. The van der Waals surface area contributed by atoms with Crippen molar-refractivity contribution in [1.29, 1.82) is 0 Å². The summed E-state index contributed by atoms with van der Waals surface area (Å²) in [5.74, 6) is 0.835. The van der Waals surface area contributed by atoms with E-state index in [1.165, 1.54) is 16.9 Å². The van der Waals surface area contributed by atoms with E-state index < -0.39 is 17.6 Å². The summed E-state index contributed by atoms with van der Waals surface area (Å²) in [4.78, 5) is 59.1. The fraction of sp³-hybridized carbons (Fsp3) is 0.425. The van der Waals surface area contributed by atoms with Crippen LogP contribution in [0.1, 0.15) is 62.8 Å². The second-order valence-corrected chi connectivity index (χ2v) is 15.0. The Hall–Kier alpha value is -5.84. The number of alkyl halides is 3. The van der Waals surface area contributed by atoms with Crippen molar-refractivity contribution in [2.45, 2.75) is 58.4 Å². The van der Waals surface area contributed by atoms with Crippen molar-refractivity contribution in [3.8, 4) is 5.75 Å². The van der Waals surface area contributed by atoms with E-state index >= 15 is 0 Å². The molecule has 5 aromatic rings. The van der Waals surface area contributed by atoms with Gasteiger partial charge in [-0.1, -0.05) is 37.3 Å². The number of aryl methyl sites for hydroxylation is 1. The van der Waals surface area contributed by atoms with Crippen LogP contribution in [0.15, 0.2) is 53.6 Å². The van der Waals surface area contributed by atoms with Gasteiger partial charge in [-0.15, -0.1) is 5.10 Å². The Morgan fingerprint density at radius 1 is 0.982 bits per heavy atom. The number of hydrogen-bond donors (Lipinski definition) is 1. The summed E-state index contributed by atoms with van der Waals surface area (Å²) in [6.07, 6.45) is -2.07. The van der Waals surface area contributed by atoms with E-state index in [0.717, 1.165) is 11.6 Å². The minimum atomic E-state index is -4.48. The van der Waals surface area contributed by atoms with Gasteiger partial charge in [0.1, 0.15) is 25.2 Å². The number of hydrogen-bond acceptors (Lipinski definition) is 10. The molecule has 9 rings (SSSR count). The van der Waals surface area contributed by atoms with Crippen LogP contribution in [0.2, 0.25) is 0 Å². The highest BCUT2D eigenvalue weighted by Crippen LogP contribution is 2.56. The molecule has 2 aliphatic carbocycles. The Balaban J connectivity index is 0.997. The minimum absolute atomic E-state index is 0.0430. The first-order valence-electron chi connectivity index (χ1n) is 19.2. The van der Waals surface area contributed by atoms with E-state index in [-0.39, 0.29) is 78.9 Å². The van der Waals surface area contributed by atoms with Crippen molar-refractivity contribution in [3.63, 3.8) is 0 Å². The number of carbonyl (C=O) groups is 2. The van der Waals surface area contributed by atoms with Crippen LogP contribution in [0.4, 0.5) is 24.5 Å². The highest BCUT2D eigenvalue weighted by Gasteiger charge is 2.57. The number of benzene rings is 2. The first kappa shape index (κ1) is 36.8. The molecule has 17 heteroatoms. The molecule has 2 atom stereocenters. The van der Waals surface area contributed by atoms with Gasteiger partial charge in [-0.3, -0.25) is 14.4 Å². The van der Waals surface area contributed by atoms with Crippen LogP contribution in [-0.2, 0) is 48.1 Å². The van der Waals surface area contributed by atoms with E-state index in [1.54, 1.807) is 16.4 Å². The molecule has 2 saturated heterocycles. The van der Waals surface area contributed by atoms with Crippen LogP contribution in [0.25, 0.3) is 5.78 Å². The molecule has 57 heavy (non-hydrogen) atoms. The fourth-order valence-corrected chi connectivity index (χ4v) is 8.56. The number of nitrogens with zero attached hydrogens (tertiary/aromatic N) is 8. The van der Waals surface area contributed by atoms with E-state index in [1.807, 2.05) is 42.2 Å². The summed E-state index contributed by atoms with van der Waals surface area (Å²) < 4.78 is 55.5. The molecule has 0 bridgehead atoms. The molecule has 0 radical (unpaired) electrons. The van der Waals surface area contributed by atoms with Crippen molar-refractivity contribution in [2.24, 2.45) is 11.8 Å². The van der Waals surface area contributed by atoms with E-state index in [4.69, 9.17) is 19.6 Å². The molecule has 2 amide bonds. The molecule has 4 aliphatic rings. The normalized spacial score (nSPS) is 19.9. The van der Waals surface area contributed by atoms with Crippen LogP contribution < -0.4 is 20.5 Å². The van der Waals surface area contributed by atoms with Crippen LogP contribution in [0.3, 0.4) is 0 Å². The van der Waals surface area contributed by atoms with Crippen molar-refractivity contribution >= 4 is 29.0 Å². The van der Waals surface area contributed by atoms with Gasteiger partial charge in [-0.25, -0.2) is 9.97 Å². The zero-order chi connectivity index (χ0) is 39.6. The number of fused-ring (bicyclic) bond motifs is 3. The standard InChI is InChI=1S/C40H40F3N9O5/c1-3-30-34(49-13-15-50(16-14-49)37(54)33-35(22(2)44-21-45-33)57-18-23-7-5-4-6-8-23)38(55)52-39(47-36(48-52)32-26-19-56-20-27(26)32)51(30)17-31(53)46-29-12-11-28(40(41,42)43)24-9-10-25(24)29/h4-8,11-12,21,26-27,32H,3,9-10,13-20H2,1-2H3,(H,46,53). The molecule has 0 spiro atoms. The Morgan fingerprint density at radius 2 is 1.72 bits per heavy atom. The predicted molar refractivity (Wildman–Crippen MR) is 200 cm³/mol. The Morgan fingerprint density at radius 3 is 2.40 bits per heavy atom. The van der Waals surface area contributed by atoms with Gasteiger partial charge in [0.2, 0.25) is 11.7 Å². The molecule has 3 aromatic heterocycles. The zero-order valence-corrected chi connectivity index (χ0v) is 31.4. The summed E-state index contributed by atoms with van der Waals surface area (Å²) in [5.41, 5.74) is 2.49. The average Bonchev–Trinajstić information content (AvgIpc) is 3.46. The number of rotatable bonds is 10. The third kappa shape index (κ3) is 6.56. The van der Waals surface area contributed by atoms with Crippen molar-refractivity contribution in [1.82, 2.24) is 34.0 Å². The van der Waals surface area contributed by atoms with Gasteiger partial charge in [0.05, 0.1) is 30.2 Å². The number of aromatic nitrogens is 6. The lowest BCUT2D eigenvalue weighted by Gasteiger charge is -2.36. The van der Waals surface area contributed by atoms with Gasteiger partial charge in [0.25, 0.3) is 11.5 Å². The number of anilines is 2. The van der Waals surface area contributed by atoms with Crippen LogP contribution >= 0.6 is 0 Å². The first-order chi connectivity index (χ1) is 27.5. The summed E-state index contributed by atoms with van der Waals surface area (Å²) in [7, 11) is 0. The number of nitrogens with one attached hydrogen (secondary N) is 1. The first-order valence-corrected chi connectivity index (χ1v) is 19.2. The smallest absolute Gasteiger partial charge is 0.416 e. The van der Waals surface area contributed by atoms with Crippen LogP contribution in [0, 0.1) is 18.8 Å². The molecule has 5 heterocycles. The van der Waals surface area contributed by atoms with E-state index in [0.29, 0.717) is 79.0 Å². The van der Waals surface area contributed by atoms with Crippen LogP contribution in [0.5, 0.6) is 5.75 Å². The van der Waals surface area contributed by atoms with Crippen molar-refractivity contribution < 1.29 is 32.2 Å². The quantitative estimate of drug-likeness (QED) is 0.219. The predicted octanol–water partition coefficient (Wildman–Crippen LogP) is 4.21. The topological polar surface area (TPSA) is 149 Å². The van der Waals surface area contributed by atoms with Gasteiger partial charge < -0.3 is 29.2 Å². The van der Waals surface area contributed by atoms with Crippen molar-refractivity contribution in [2.75, 3.05) is 49.6 Å². The Labute approximate surface area is 324 Å². The molecule has 2 unspecified atom stereocenters. The molecule has 1 N–H and O–H groups in total. The molecule has 2 aliphatic heterocycles. The number of ether oxygens (including phenoxy) is 2. The van der Waals surface area contributed by atoms with E-state index in [9.17, 15) is 27.6 Å². The average molecular weight is 784 g/mol. The lowest BCUT2D eigenvalue weighted by atomic mass is 9.83. The summed E-state index contributed by atoms with van der Waals surface area (Å²) >= 11 is 0. The number of halogens is 3. The fourth-order valence-electron chi connectivity index (χ4n) is 8.56. The van der Waals surface area contributed by atoms with Gasteiger partial charge in [0.15, 0.2) is 17.3 Å². The third-order valence-corrected chi connectivity index (χ3v) is 11.7. The SMILES string of the molecule is CCc1c(N2CCN(C(=O)c3ncnc(C)c3OCc3ccccc3)CC2)c(=O)n2nc(C3C4COCC43)nc2n1CC(=O)Nc1ccc(C(F)(F)F)c2c1CC2. The lowest BCUT2D eigenvalue weighted by molar-refractivity contribution is -0.138. The molecule has 14 nitrogen and oxygen atoms in total. The monoisotopic (exact) mass is 783 g/mol. The molecular weight excluding hydrogens is 743 g/mol. The van der Waals surface area contributed by atoms with Crippen molar-refractivity contribution in [3.05, 3.63) is 104 Å². The maximum Gasteiger partial charge on any atom is 0.416 e. The second-order valence-electron chi connectivity index (χ2n) is 15.0. The lowest BCUT2D eigenvalue weighted by Crippen LogP contribution is -2.51. The van der Waals surface area contributed by atoms with Gasteiger partial charge >= 0.3 is 6.18 Å². The molecule has 1 saturated carbocycles. The third-order valence-electron chi connectivity index (χ3n) is 11.7. The van der Waals surface area contributed by atoms with Crippen LogP contribution in [-0.4, -0.2) is 85.2 Å². The summed E-state index contributed by atoms with van der Waals surface area (Å²) in [6.45, 7) is 5.97. The molecule has 2 aromatic carbocycles. The Kier molecular flexibility index (Phi) is 9.21. The number of carbonyl (C=O) groups excluding carboxylic acids is 2.